The van der Waals surface area contributed by atoms with E-state index >= 15 is 0 Å². The zero-order chi connectivity index (χ0) is 22.0. The molecule has 1 aliphatic carbocycles. The molecule has 4 rings (SSSR count). The molecule has 1 N–H and O–H groups in total. The number of hydrogen-bond acceptors (Lipinski definition) is 3. The van der Waals surface area contributed by atoms with Gasteiger partial charge in [0.2, 0.25) is 0 Å². The molecule has 0 heterocycles. The average Bonchev–Trinajstić information content (AvgIpc) is 3.58. The number of carbonyl (C=O) groups excluding carboxylic acids is 1. The number of nitrogens with one attached hydrogen (secondary N) is 1. The minimum atomic E-state index is -0.425. The topological polar surface area (TPSA) is 38.3 Å². The Labute approximate surface area is 191 Å². The van der Waals surface area contributed by atoms with Gasteiger partial charge in [0.25, 0.3) is 0 Å². The number of ether oxygens (including phenoxy) is 1. The lowest BCUT2D eigenvalue weighted by atomic mass is 9.94. The highest BCUT2D eigenvalue weighted by atomic mass is 35.5. The molecule has 6 heteroatoms. The van der Waals surface area contributed by atoms with E-state index in [-0.39, 0.29) is 23.6 Å². The quantitative estimate of drug-likeness (QED) is 0.369. The van der Waals surface area contributed by atoms with Gasteiger partial charge < -0.3 is 10.1 Å². The van der Waals surface area contributed by atoms with E-state index in [4.69, 9.17) is 27.9 Å². The van der Waals surface area contributed by atoms with E-state index < -0.39 is 6.10 Å². The van der Waals surface area contributed by atoms with Crippen LogP contribution in [0, 0.1) is 11.7 Å². The van der Waals surface area contributed by atoms with E-state index in [1.165, 1.54) is 12.1 Å². The number of halogens is 3. The van der Waals surface area contributed by atoms with Crippen molar-refractivity contribution in [1.29, 1.82) is 0 Å². The van der Waals surface area contributed by atoms with Gasteiger partial charge in [-0.05, 0) is 85.3 Å². The lowest BCUT2D eigenvalue weighted by molar-refractivity contribution is -0.151. The Hall–Kier alpha value is -2.56. The van der Waals surface area contributed by atoms with Crippen molar-refractivity contribution < 1.29 is 13.9 Å². The Balaban J connectivity index is 1.47. The van der Waals surface area contributed by atoms with E-state index in [0.717, 1.165) is 35.3 Å². The highest BCUT2D eigenvalue weighted by Crippen LogP contribution is 2.45. The van der Waals surface area contributed by atoms with Crippen molar-refractivity contribution in [2.75, 3.05) is 5.32 Å². The first-order chi connectivity index (χ1) is 14.9. The SMILES string of the molecule is CC(OC(=O)C(c1ccc(Cl)c(Cl)c1)C1CC1)c1cccc(Nc2ccc(F)cc2)c1. The van der Waals surface area contributed by atoms with Gasteiger partial charge >= 0.3 is 5.97 Å². The molecule has 1 saturated carbocycles. The molecule has 2 unspecified atom stereocenters. The van der Waals surface area contributed by atoms with Crippen LogP contribution in [0.5, 0.6) is 0 Å². The number of hydrogen-bond donors (Lipinski definition) is 1. The van der Waals surface area contributed by atoms with Crippen LogP contribution in [-0.2, 0) is 9.53 Å². The number of esters is 1. The van der Waals surface area contributed by atoms with Crippen molar-refractivity contribution >= 4 is 40.5 Å². The summed E-state index contributed by atoms with van der Waals surface area (Å²) in [5.74, 6) is -0.626. The van der Waals surface area contributed by atoms with Crippen molar-refractivity contribution in [2.24, 2.45) is 5.92 Å². The fourth-order valence-electron chi connectivity index (χ4n) is 3.62. The van der Waals surface area contributed by atoms with Crippen LogP contribution in [0.3, 0.4) is 0 Å². The summed E-state index contributed by atoms with van der Waals surface area (Å²) in [7, 11) is 0. The third-order valence-electron chi connectivity index (χ3n) is 5.43. The van der Waals surface area contributed by atoms with Crippen LogP contribution in [-0.4, -0.2) is 5.97 Å². The lowest BCUT2D eigenvalue weighted by Crippen LogP contribution is -2.19. The number of rotatable bonds is 7. The maximum atomic E-state index is 13.1. The van der Waals surface area contributed by atoms with Gasteiger partial charge in [0.15, 0.2) is 0 Å². The first-order valence-corrected chi connectivity index (χ1v) is 10.9. The normalized spacial score (nSPS) is 15.2. The zero-order valence-electron chi connectivity index (χ0n) is 16.9. The summed E-state index contributed by atoms with van der Waals surface area (Å²) in [6.07, 6.45) is 1.56. The third-order valence-corrected chi connectivity index (χ3v) is 6.17. The van der Waals surface area contributed by atoms with E-state index in [1.807, 2.05) is 37.3 Å². The summed E-state index contributed by atoms with van der Waals surface area (Å²) in [5.41, 5.74) is 3.30. The summed E-state index contributed by atoms with van der Waals surface area (Å²) in [6.45, 7) is 1.85. The predicted octanol–water partition coefficient (Wildman–Crippen LogP) is 7.67. The molecule has 3 nitrogen and oxygen atoms in total. The van der Waals surface area contributed by atoms with Gasteiger partial charge in [-0.15, -0.1) is 0 Å². The van der Waals surface area contributed by atoms with E-state index in [1.54, 1.807) is 24.3 Å². The molecule has 31 heavy (non-hydrogen) atoms. The Bertz CT molecular complexity index is 1080. The maximum Gasteiger partial charge on any atom is 0.314 e. The Morgan fingerprint density at radius 2 is 1.71 bits per heavy atom. The zero-order valence-corrected chi connectivity index (χ0v) is 18.5. The molecule has 2 atom stereocenters. The highest BCUT2D eigenvalue weighted by Gasteiger charge is 2.39. The predicted molar refractivity (Wildman–Crippen MR) is 123 cm³/mol. The number of anilines is 2. The van der Waals surface area contributed by atoms with Crippen molar-refractivity contribution in [2.45, 2.75) is 31.8 Å². The van der Waals surface area contributed by atoms with E-state index in [2.05, 4.69) is 5.32 Å². The molecule has 1 aliphatic rings. The molecule has 0 bridgehead atoms. The van der Waals surface area contributed by atoms with Crippen LogP contribution in [0.1, 0.15) is 42.9 Å². The summed E-state index contributed by atoms with van der Waals surface area (Å²) in [5, 5.41) is 4.13. The summed E-state index contributed by atoms with van der Waals surface area (Å²) < 4.78 is 19.0. The van der Waals surface area contributed by atoms with Gasteiger partial charge in [0, 0.05) is 11.4 Å². The monoisotopic (exact) mass is 457 g/mol. The van der Waals surface area contributed by atoms with Crippen molar-refractivity contribution in [1.82, 2.24) is 0 Å². The minimum absolute atomic E-state index is 0.259. The van der Waals surface area contributed by atoms with E-state index in [9.17, 15) is 9.18 Å². The Morgan fingerprint density at radius 1 is 0.968 bits per heavy atom. The van der Waals surface area contributed by atoms with Crippen molar-refractivity contribution in [3.63, 3.8) is 0 Å². The van der Waals surface area contributed by atoms with E-state index in [0.29, 0.717) is 10.0 Å². The molecule has 0 spiro atoms. The van der Waals surface area contributed by atoms with Crippen LogP contribution in [0.2, 0.25) is 10.0 Å². The molecule has 0 aromatic heterocycles. The lowest BCUT2D eigenvalue weighted by Gasteiger charge is -2.21. The average molecular weight is 458 g/mol. The van der Waals surface area contributed by atoms with Gasteiger partial charge in [-0.25, -0.2) is 4.39 Å². The highest BCUT2D eigenvalue weighted by molar-refractivity contribution is 6.42. The molecule has 0 radical (unpaired) electrons. The summed E-state index contributed by atoms with van der Waals surface area (Å²) in [6, 6.07) is 19.1. The second kappa shape index (κ2) is 9.29. The number of benzene rings is 3. The molecule has 1 fully saturated rings. The summed E-state index contributed by atoms with van der Waals surface area (Å²) >= 11 is 12.2. The van der Waals surface area contributed by atoms with Crippen LogP contribution in [0.15, 0.2) is 66.7 Å². The van der Waals surface area contributed by atoms with Crippen molar-refractivity contribution in [3.8, 4) is 0 Å². The van der Waals surface area contributed by atoms with Gasteiger partial charge in [0.05, 0.1) is 16.0 Å². The molecule has 0 aliphatic heterocycles. The number of carbonyl (C=O) groups is 1. The minimum Gasteiger partial charge on any atom is -0.457 e. The van der Waals surface area contributed by atoms with Crippen LogP contribution >= 0.6 is 23.2 Å². The standard InChI is InChI=1S/C25H22Cl2FNO2/c1-15(17-3-2-4-21(13-17)29-20-10-8-19(28)9-11-20)31-25(30)24(16-5-6-16)18-7-12-22(26)23(27)14-18/h2-4,7-16,24,29H,5-6H2,1H3. The van der Waals surface area contributed by atoms with Crippen LogP contribution in [0.4, 0.5) is 15.8 Å². The van der Waals surface area contributed by atoms with Gasteiger partial charge in [-0.2, -0.15) is 0 Å². The maximum absolute atomic E-state index is 13.1. The first-order valence-electron chi connectivity index (χ1n) is 10.2. The molecular formula is C25H22Cl2FNO2. The molecule has 160 valence electrons. The second-order valence-corrected chi connectivity index (χ2v) is 8.64. The Morgan fingerprint density at radius 3 is 2.39 bits per heavy atom. The van der Waals surface area contributed by atoms with Crippen LogP contribution in [0.25, 0.3) is 0 Å². The largest absolute Gasteiger partial charge is 0.457 e. The van der Waals surface area contributed by atoms with Crippen LogP contribution < -0.4 is 5.32 Å². The smallest absolute Gasteiger partial charge is 0.314 e. The molecular weight excluding hydrogens is 436 g/mol. The summed E-state index contributed by atoms with van der Waals surface area (Å²) in [4.78, 5) is 13.1. The van der Waals surface area contributed by atoms with Crippen molar-refractivity contribution in [3.05, 3.63) is 93.7 Å². The van der Waals surface area contributed by atoms with Gasteiger partial charge in [-0.3, -0.25) is 4.79 Å². The second-order valence-electron chi connectivity index (χ2n) is 7.83. The molecule has 0 saturated heterocycles. The Kier molecular flexibility index (Phi) is 6.49. The fraction of sp³-hybridized carbons (Fsp3) is 0.240. The van der Waals surface area contributed by atoms with Gasteiger partial charge in [0.1, 0.15) is 11.9 Å². The third kappa shape index (κ3) is 5.38. The molecule has 3 aromatic carbocycles. The fourth-order valence-corrected chi connectivity index (χ4v) is 3.93. The molecule has 0 amide bonds. The first kappa shape index (κ1) is 21.7. The molecule has 3 aromatic rings. The van der Waals surface area contributed by atoms with Gasteiger partial charge in [-0.1, -0.05) is 41.4 Å².